The summed E-state index contributed by atoms with van der Waals surface area (Å²) in [7, 11) is -3.52. The highest BCUT2D eigenvalue weighted by Crippen LogP contribution is 2.20. The van der Waals surface area contributed by atoms with Gasteiger partial charge >= 0.3 is 0 Å². The van der Waals surface area contributed by atoms with Gasteiger partial charge in [-0.25, -0.2) is 13.1 Å². The first-order chi connectivity index (χ1) is 11.4. The van der Waals surface area contributed by atoms with Gasteiger partial charge in [0, 0.05) is 11.7 Å². The van der Waals surface area contributed by atoms with Crippen molar-refractivity contribution in [2.45, 2.75) is 63.0 Å². The Balaban J connectivity index is 1.85. The highest BCUT2D eigenvalue weighted by Gasteiger charge is 2.16. The third-order valence-electron chi connectivity index (χ3n) is 3.84. The van der Waals surface area contributed by atoms with E-state index in [1.54, 1.807) is 26.0 Å². The van der Waals surface area contributed by atoms with Gasteiger partial charge < -0.3 is 10.1 Å². The highest BCUT2D eigenvalue weighted by atomic mass is 32.2. The van der Waals surface area contributed by atoms with E-state index in [-0.39, 0.29) is 29.6 Å². The minimum absolute atomic E-state index is 0.0274. The van der Waals surface area contributed by atoms with Crippen LogP contribution in [-0.4, -0.2) is 33.1 Å². The van der Waals surface area contributed by atoms with Gasteiger partial charge in [-0.3, -0.25) is 4.79 Å². The lowest BCUT2D eigenvalue weighted by Crippen LogP contribution is -2.30. The molecule has 1 saturated carbocycles. The van der Waals surface area contributed by atoms with Gasteiger partial charge in [0.25, 0.3) is 0 Å². The first-order valence-corrected chi connectivity index (χ1v) is 9.89. The maximum absolute atomic E-state index is 12.0. The zero-order valence-electron chi connectivity index (χ0n) is 14.2. The number of anilines is 1. The number of sulfonamides is 1. The van der Waals surface area contributed by atoms with E-state index in [4.69, 9.17) is 4.74 Å². The average Bonchev–Trinajstić information content (AvgIpc) is 2.53. The molecule has 0 heterocycles. The van der Waals surface area contributed by atoms with Crippen molar-refractivity contribution >= 4 is 21.6 Å². The van der Waals surface area contributed by atoms with Gasteiger partial charge in [-0.2, -0.15) is 0 Å². The molecule has 0 saturated heterocycles. The number of amides is 1. The zero-order chi connectivity index (χ0) is 17.6. The minimum Gasteiger partial charge on any atom is -0.368 e. The Labute approximate surface area is 144 Å². The molecule has 0 atom stereocenters. The van der Waals surface area contributed by atoms with Crippen molar-refractivity contribution in [3.63, 3.8) is 0 Å². The van der Waals surface area contributed by atoms with Crippen LogP contribution >= 0.6 is 0 Å². The van der Waals surface area contributed by atoms with E-state index < -0.39 is 10.0 Å². The van der Waals surface area contributed by atoms with E-state index in [1.165, 1.54) is 18.6 Å². The van der Waals surface area contributed by atoms with E-state index in [9.17, 15) is 13.2 Å². The predicted molar refractivity (Wildman–Crippen MR) is 93.4 cm³/mol. The summed E-state index contributed by atoms with van der Waals surface area (Å²) in [6, 6.07) is 5.93. The Bertz CT molecular complexity index is 635. The Hall–Kier alpha value is -1.44. The maximum Gasteiger partial charge on any atom is 0.250 e. The van der Waals surface area contributed by atoms with Gasteiger partial charge in [0.15, 0.2) is 0 Å². The van der Waals surface area contributed by atoms with Gasteiger partial charge in [0.2, 0.25) is 15.9 Å². The van der Waals surface area contributed by atoms with Crippen LogP contribution in [0, 0.1) is 0 Å². The zero-order valence-corrected chi connectivity index (χ0v) is 15.1. The van der Waals surface area contributed by atoms with Crippen molar-refractivity contribution in [1.29, 1.82) is 0 Å². The summed E-state index contributed by atoms with van der Waals surface area (Å²) in [6.45, 7) is 3.55. The second kappa shape index (κ2) is 8.60. The van der Waals surface area contributed by atoms with Crippen molar-refractivity contribution in [1.82, 2.24) is 4.72 Å². The summed E-state index contributed by atoms with van der Waals surface area (Å²) in [5.74, 6) is -0.225. The van der Waals surface area contributed by atoms with Crippen molar-refractivity contribution < 1.29 is 17.9 Å². The summed E-state index contributed by atoms with van der Waals surface area (Å²) in [5, 5.41) is 2.72. The largest absolute Gasteiger partial charge is 0.368 e. The smallest absolute Gasteiger partial charge is 0.250 e. The van der Waals surface area contributed by atoms with Crippen LogP contribution in [0.3, 0.4) is 0 Å². The van der Waals surface area contributed by atoms with Gasteiger partial charge in [-0.05, 0) is 51.0 Å². The topological polar surface area (TPSA) is 84.5 Å². The molecule has 1 aromatic rings. The van der Waals surface area contributed by atoms with Crippen LogP contribution < -0.4 is 10.0 Å². The summed E-state index contributed by atoms with van der Waals surface area (Å²) in [6.07, 6.45) is 5.77. The molecule has 1 aromatic carbocycles. The molecule has 0 aliphatic heterocycles. The van der Waals surface area contributed by atoms with E-state index in [0.717, 1.165) is 25.7 Å². The van der Waals surface area contributed by atoms with Crippen LogP contribution in [0.2, 0.25) is 0 Å². The van der Waals surface area contributed by atoms with Crippen molar-refractivity contribution in [3.05, 3.63) is 24.3 Å². The summed E-state index contributed by atoms with van der Waals surface area (Å²) in [4.78, 5) is 12.1. The molecule has 0 spiro atoms. The lowest BCUT2D eigenvalue weighted by Gasteiger charge is -2.21. The molecule has 7 heteroatoms. The molecule has 1 aliphatic rings. The second-order valence-electron chi connectivity index (χ2n) is 6.42. The van der Waals surface area contributed by atoms with E-state index in [1.807, 2.05) is 0 Å². The lowest BCUT2D eigenvalue weighted by molar-refractivity contribution is -0.123. The van der Waals surface area contributed by atoms with Crippen LogP contribution in [0.15, 0.2) is 29.2 Å². The molecule has 0 bridgehead atoms. The van der Waals surface area contributed by atoms with Crippen LogP contribution in [-0.2, 0) is 19.6 Å². The van der Waals surface area contributed by atoms with Crippen LogP contribution in [0.4, 0.5) is 5.69 Å². The molecular formula is C17H26N2O4S. The fourth-order valence-electron chi connectivity index (χ4n) is 2.72. The fraction of sp³-hybridized carbons (Fsp3) is 0.588. The van der Waals surface area contributed by atoms with Gasteiger partial charge in [0.1, 0.15) is 6.61 Å². The van der Waals surface area contributed by atoms with E-state index in [2.05, 4.69) is 10.0 Å². The molecule has 0 unspecified atom stereocenters. The Morgan fingerprint density at radius 3 is 2.38 bits per heavy atom. The molecule has 24 heavy (non-hydrogen) atoms. The molecule has 2 rings (SSSR count). The molecule has 134 valence electrons. The van der Waals surface area contributed by atoms with Crippen LogP contribution in [0.5, 0.6) is 0 Å². The Morgan fingerprint density at radius 2 is 1.79 bits per heavy atom. The minimum atomic E-state index is -3.52. The molecule has 6 nitrogen and oxygen atoms in total. The van der Waals surface area contributed by atoms with Crippen molar-refractivity contribution in [2.24, 2.45) is 0 Å². The van der Waals surface area contributed by atoms with E-state index >= 15 is 0 Å². The number of nitrogens with one attached hydrogen (secondary N) is 2. The second-order valence-corrected chi connectivity index (χ2v) is 8.13. The van der Waals surface area contributed by atoms with Gasteiger partial charge in [0.05, 0.1) is 11.0 Å². The predicted octanol–water partition coefficient (Wildman–Crippen LogP) is 2.66. The normalized spacial score (nSPS) is 16.3. The average molecular weight is 354 g/mol. The fourth-order valence-corrected chi connectivity index (χ4v) is 3.97. The molecule has 1 fully saturated rings. The van der Waals surface area contributed by atoms with Gasteiger partial charge in [-0.1, -0.05) is 19.3 Å². The molecule has 1 amide bonds. The number of hydrogen-bond acceptors (Lipinski definition) is 4. The summed E-state index contributed by atoms with van der Waals surface area (Å²) < 4.78 is 32.2. The van der Waals surface area contributed by atoms with Crippen molar-refractivity contribution in [2.75, 3.05) is 11.9 Å². The monoisotopic (exact) mass is 354 g/mol. The standard InChI is InChI=1S/C17H26N2O4S/c1-13(2)19-24(21,22)16-10-8-14(9-11-16)18-17(20)12-23-15-6-4-3-5-7-15/h8-11,13,15,19H,3-7,12H2,1-2H3,(H,18,20). The first-order valence-electron chi connectivity index (χ1n) is 8.40. The number of carbonyl (C=O) groups is 1. The number of carbonyl (C=O) groups excluding carboxylic acids is 1. The summed E-state index contributed by atoms with van der Waals surface area (Å²) in [5.41, 5.74) is 0.552. The molecule has 2 N–H and O–H groups in total. The van der Waals surface area contributed by atoms with E-state index in [0.29, 0.717) is 5.69 Å². The number of hydrogen-bond donors (Lipinski definition) is 2. The molecule has 0 radical (unpaired) electrons. The van der Waals surface area contributed by atoms with Crippen LogP contribution in [0.1, 0.15) is 46.0 Å². The van der Waals surface area contributed by atoms with Crippen LogP contribution in [0.25, 0.3) is 0 Å². The third kappa shape index (κ3) is 5.89. The Kier molecular flexibility index (Phi) is 6.77. The maximum atomic E-state index is 12.0. The number of ether oxygens (including phenoxy) is 1. The quantitative estimate of drug-likeness (QED) is 0.788. The summed E-state index contributed by atoms with van der Waals surface area (Å²) >= 11 is 0. The highest BCUT2D eigenvalue weighted by molar-refractivity contribution is 7.89. The first kappa shape index (κ1) is 18.9. The SMILES string of the molecule is CC(C)NS(=O)(=O)c1ccc(NC(=O)COC2CCCCC2)cc1. The molecule has 1 aliphatic carbocycles. The molecule has 0 aromatic heterocycles. The van der Waals surface area contributed by atoms with Crippen molar-refractivity contribution in [3.8, 4) is 0 Å². The Morgan fingerprint density at radius 1 is 1.17 bits per heavy atom. The number of rotatable bonds is 7. The number of benzene rings is 1. The molecular weight excluding hydrogens is 328 g/mol. The lowest BCUT2D eigenvalue weighted by atomic mass is 9.98. The van der Waals surface area contributed by atoms with Gasteiger partial charge in [-0.15, -0.1) is 0 Å². The third-order valence-corrected chi connectivity index (χ3v) is 5.52.